The Morgan fingerprint density at radius 2 is 0.789 bits per heavy atom. The summed E-state index contributed by atoms with van der Waals surface area (Å²) in [5.41, 5.74) is 16.6. The van der Waals surface area contributed by atoms with Gasteiger partial charge in [0.1, 0.15) is 0 Å². The number of nitrogens with zero attached hydrogens (tertiary/aromatic N) is 1. The largest absolute Gasteiger partial charge is 2.00 e. The standard InChI is InChI=1S/C27H59Si6.C24H25.C10H13NOS.Sn/c1-28(2,3)25(29(4,5)6)22-19-23(26(30(7,8)9)31(10,11)12)21-24(20-22)27(32(13,14)15)33(16,17)18;1-17(2)21-12-5-7-14-23(21)19-10-9-11-20(16-19)24-15-8-6-13-22(24)18(3)4;1-6-4-7(2)9(8(3)5-6)10(13)11-12;/h19-20,25-27H,1-18H3;5-15,17-18H,1-4H3;4-5,12H,1-3H3,(H,11,13);/q;;;+2/p-2. The molecule has 4 radical (unpaired) electrons. The van der Waals surface area contributed by atoms with Crippen LogP contribution in [0.4, 0.5) is 0 Å². The topological polar surface area (TPSA) is 35.4 Å². The van der Waals surface area contributed by atoms with Crippen molar-refractivity contribution in [2.24, 2.45) is 5.16 Å². The first kappa shape index (κ1) is 65.0. The quantitative estimate of drug-likeness (QED) is 0.0365. The first-order valence-corrected chi connectivity index (χ1v) is 47.9. The van der Waals surface area contributed by atoms with Crippen LogP contribution in [0.15, 0.2) is 96.2 Å². The van der Waals surface area contributed by atoms with Gasteiger partial charge in [-0.2, -0.15) is 0 Å². The molecule has 0 atom stereocenters. The van der Waals surface area contributed by atoms with Crippen molar-refractivity contribution in [3.8, 4) is 22.3 Å². The molecule has 0 amide bonds. The summed E-state index contributed by atoms with van der Waals surface area (Å²) in [6.07, 6.45) is 0. The molecular formula is C61H95NOSSi6Sn. The van der Waals surface area contributed by atoms with E-state index in [0.717, 1.165) is 32.2 Å². The maximum atomic E-state index is 10.3. The van der Waals surface area contributed by atoms with Crippen molar-refractivity contribution >= 4 is 90.0 Å². The average Bonchev–Trinajstić information content (AvgIpc) is 3.17. The van der Waals surface area contributed by atoms with Crippen molar-refractivity contribution in [3.63, 3.8) is 0 Å². The van der Waals surface area contributed by atoms with E-state index in [-0.39, 0.29) is 29.0 Å². The summed E-state index contributed by atoms with van der Waals surface area (Å²) in [5, 5.41) is 15.6. The summed E-state index contributed by atoms with van der Waals surface area (Å²) in [4.78, 5) is 0. The number of hydrogen-bond donors (Lipinski definition) is 0. The average molecular weight is 1180 g/mol. The van der Waals surface area contributed by atoms with Gasteiger partial charge in [0, 0.05) is 48.4 Å². The SMILES string of the molecule is CC(C)c1ccccc1-c1[c]c(-c2ccccc2C(C)C)ccc1.C[Si](C)(C)C(c1[c]c(C([Si](C)(C)C)[Si](C)(C)C)cc(C([Si](C)(C)C)[Si](C)(C)C)c1)[Si](C)(C)C.Cc1cc(C)c(C([S-])=N[O-])c(C)c1.[Sn+2]. The summed E-state index contributed by atoms with van der Waals surface area (Å²) in [5.74, 6) is 1.00. The first-order valence-electron chi connectivity index (χ1n) is 26.1. The molecule has 0 aliphatic carbocycles. The molecule has 0 bridgehead atoms. The van der Waals surface area contributed by atoms with Gasteiger partial charge in [0.05, 0.1) is 0 Å². The van der Waals surface area contributed by atoms with Crippen LogP contribution in [-0.4, -0.2) is 77.4 Å². The van der Waals surface area contributed by atoms with E-state index in [4.69, 9.17) is 12.6 Å². The molecule has 10 heteroatoms. The van der Waals surface area contributed by atoms with Gasteiger partial charge in [0.2, 0.25) is 0 Å². The van der Waals surface area contributed by atoms with Crippen molar-refractivity contribution < 1.29 is 0 Å². The third kappa shape index (κ3) is 18.0. The Morgan fingerprint density at radius 1 is 0.465 bits per heavy atom. The number of hydrogen-bond acceptors (Lipinski definition) is 3. The molecule has 0 fully saturated rings. The molecule has 0 saturated carbocycles. The molecule has 0 N–H and O–H groups in total. The summed E-state index contributed by atoms with van der Waals surface area (Å²) >= 11 is 4.86. The van der Waals surface area contributed by atoms with Gasteiger partial charge in [-0.3, -0.25) is 0 Å². The summed E-state index contributed by atoms with van der Waals surface area (Å²) in [6.45, 7) is 61.9. The van der Waals surface area contributed by atoms with E-state index in [2.05, 4.69) is 242 Å². The molecule has 0 aliphatic heterocycles. The zero-order valence-electron chi connectivity index (χ0n) is 49.3. The molecule has 0 saturated heterocycles. The molecule has 71 heavy (non-hydrogen) atoms. The van der Waals surface area contributed by atoms with Crippen LogP contribution >= 0.6 is 0 Å². The monoisotopic (exact) mass is 1180 g/mol. The van der Waals surface area contributed by atoms with Gasteiger partial charge in [-0.05, 0) is 127 Å². The van der Waals surface area contributed by atoms with Crippen LogP contribution in [0.25, 0.3) is 22.3 Å². The third-order valence-electron chi connectivity index (χ3n) is 13.6. The van der Waals surface area contributed by atoms with Gasteiger partial charge >= 0.3 is 23.9 Å². The number of benzene rings is 5. The maximum Gasteiger partial charge on any atom is 2.00 e. The Bertz CT molecular complexity index is 2290. The number of rotatable bonds is 14. The van der Waals surface area contributed by atoms with Gasteiger partial charge in [0.25, 0.3) is 0 Å². The summed E-state index contributed by atoms with van der Waals surface area (Å²) < 4.78 is 0. The fourth-order valence-corrected chi connectivity index (χ4v) is 50.9. The Labute approximate surface area is 465 Å². The van der Waals surface area contributed by atoms with Crippen LogP contribution in [0.5, 0.6) is 0 Å². The second-order valence-electron chi connectivity index (χ2n) is 27.5. The molecule has 0 aliphatic rings. The van der Waals surface area contributed by atoms with E-state index >= 15 is 0 Å². The predicted molar refractivity (Wildman–Crippen MR) is 342 cm³/mol. The van der Waals surface area contributed by atoms with Crippen molar-refractivity contribution in [2.75, 3.05) is 0 Å². The van der Waals surface area contributed by atoms with Crippen LogP contribution in [0.3, 0.4) is 0 Å². The molecule has 5 aromatic rings. The molecule has 0 unspecified atom stereocenters. The van der Waals surface area contributed by atoms with E-state index in [1.165, 1.54) is 38.9 Å². The minimum absolute atomic E-state index is 0. The predicted octanol–water partition coefficient (Wildman–Crippen LogP) is 19.1. The van der Waals surface area contributed by atoms with Gasteiger partial charge < -0.3 is 23.0 Å². The molecular weight excluding hydrogens is 1080 g/mol. The van der Waals surface area contributed by atoms with Crippen molar-refractivity contribution in [2.45, 2.75) is 194 Å². The zero-order valence-corrected chi connectivity index (χ0v) is 59.0. The normalized spacial score (nSPS) is 13.0. The van der Waals surface area contributed by atoms with Crippen LogP contribution in [0.2, 0.25) is 118 Å². The van der Waals surface area contributed by atoms with Crippen LogP contribution in [-0.2, 0) is 12.6 Å². The molecule has 2 nitrogen and oxygen atoms in total. The van der Waals surface area contributed by atoms with Gasteiger partial charge in [-0.15, -0.1) is 0 Å². The second kappa shape index (κ2) is 25.6. The van der Waals surface area contributed by atoms with Crippen molar-refractivity contribution in [3.05, 3.63) is 158 Å². The summed E-state index contributed by atoms with van der Waals surface area (Å²) in [7, 11) is -8.28. The van der Waals surface area contributed by atoms with E-state index in [1.54, 1.807) is 16.7 Å². The molecule has 384 valence electrons. The fourth-order valence-electron chi connectivity index (χ4n) is 12.7. The van der Waals surface area contributed by atoms with Crippen LogP contribution in [0, 0.1) is 38.1 Å². The minimum Gasteiger partial charge on any atom is -0.793 e. The third-order valence-corrected chi connectivity index (χ3v) is 41.8. The Morgan fingerprint density at radius 3 is 1.08 bits per heavy atom. The van der Waals surface area contributed by atoms with Crippen molar-refractivity contribution in [1.82, 2.24) is 0 Å². The second-order valence-corrected chi connectivity index (χ2v) is 61.4. The fraction of sp³-hybridized carbons (Fsp3) is 0.492. The van der Waals surface area contributed by atoms with E-state index in [9.17, 15) is 5.21 Å². The molecule has 0 aromatic heterocycles. The Balaban J connectivity index is 0.000000395. The minimum atomic E-state index is -1.39. The van der Waals surface area contributed by atoms with Gasteiger partial charge in [0.15, 0.2) is 0 Å². The maximum absolute atomic E-state index is 10.3. The number of aryl methyl sites for hydroxylation is 3. The first-order chi connectivity index (χ1) is 31.8. The van der Waals surface area contributed by atoms with Gasteiger partial charge in [-0.1, -0.05) is 247 Å². The molecule has 0 spiro atoms. The van der Waals surface area contributed by atoms with E-state index in [0.29, 0.717) is 11.8 Å². The van der Waals surface area contributed by atoms with Crippen LogP contribution in [0.1, 0.15) is 105 Å². The Kier molecular flexibility index (Phi) is 23.5. The summed E-state index contributed by atoms with van der Waals surface area (Å²) in [6, 6.07) is 41.1. The van der Waals surface area contributed by atoms with Crippen LogP contribution < -0.4 is 0 Å². The Hall–Kier alpha value is -2.11. The van der Waals surface area contributed by atoms with E-state index < -0.39 is 48.4 Å². The molecule has 5 aromatic carbocycles. The molecule has 0 heterocycles. The van der Waals surface area contributed by atoms with E-state index in [1.807, 2.05) is 32.9 Å². The van der Waals surface area contributed by atoms with Crippen molar-refractivity contribution in [1.29, 1.82) is 0 Å². The van der Waals surface area contributed by atoms with Gasteiger partial charge in [-0.25, -0.2) is 0 Å². The smallest absolute Gasteiger partial charge is 0.793 e. The zero-order chi connectivity index (χ0) is 53.7. The molecule has 5 rings (SSSR count).